The first-order valence-electron chi connectivity index (χ1n) is 8.53. The Morgan fingerprint density at radius 1 is 1.22 bits per heavy atom. The van der Waals surface area contributed by atoms with E-state index in [1.165, 1.54) is 18.6 Å². The Hall–Kier alpha value is -1.46. The van der Waals surface area contributed by atoms with Gasteiger partial charge in [-0.15, -0.1) is 0 Å². The number of benzene rings is 1. The molecule has 0 radical (unpaired) electrons. The fourth-order valence-electron chi connectivity index (χ4n) is 3.42. The maximum atomic E-state index is 12.9. The Morgan fingerprint density at radius 3 is 2.61 bits per heavy atom. The van der Waals surface area contributed by atoms with Crippen molar-refractivity contribution in [2.24, 2.45) is 5.92 Å². The van der Waals surface area contributed by atoms with E-state index >= 15 is 0 Å². The maximum absolute atomic E-state index is 12.9. The molecule has 2 aliphatic heterocycles. The fraction of sp³-hybridized carbons (Fsp3) is 0.611. The minimum absolute atomic E-state index is 0.0271. The quantitative estimate of drug-likeness (QED) is 0.902. The van der Waals surface area contributed by atoms with Crippen LogP contribution in [0.5, 0.6) is 0 Å². The van der Waals surface area contributed by atoms with E-state index in [1.54, 1.807) is 12.1 Å². The molecule has 0 bridgehead atoms. The number of ether oxygens (including phenoxy) is 1. The number of hydrogen-bond acceptors (Lipinski definition) is 3. The first-order chi connectivity index (χ1) is 11.2. The summed E-state index contributed by atoms with van der Waals surface area (Å²) in [6, 6.07) is 6.39. The predicted octanol–water partition coefficient (Wildman–Crippen LogP) is 1.99. The smallest absolute Gasteiger partial charge is 0.224 e. The normalized spacial score (nSPS) is 23.1. The molecule has 0 saturated carbocycles. The van der Waals surface area contributed by atoms with Gasteiger partial charge in [-0.1, -0.05) is 12.1 Å². The summed E-state index contributed by atoms with van der Waals surface area (Å²) in [5.74, 6) is 0.438. The summed E-state index contributed by atoms with van der Waals surface area (Å²) in [6.07, 6.45) is 3.50. The minimum atomic E-state index is -0.269. The van der Waals surface area contributed by atoms with E-state index in [4.69, 9.17) is 4.74 Å². The van der Waals surface area contributed by atoms with Crippen LogP contribution in [0.25, 0.3) is 0 Å². The van der Waals surface area contributed by atoms with Crippen LogP contribution in [0, 0.1) is 11.7 Å². The van der Waals surface area contributed by atoms with Crippen LogP contribution < -0.4 is 5.32 Å². The lowest BCUT2D eigenvalue weighted by atomic mass is 10.0. The second kappa shape index (κ2) is 7.88. The van der Waals surface area contributed by atoms with Crippen molar-refractivity contribution in [1.29, 1.82) is 0 Å². The molecule has 4 nitrogen and oxygen atoms in total. The zero-order valence-electron chi connectivity index (χ0n) is 13.5. The van der Waals surface area contributed by atoms with E-state index in [0.29, 0.717) is 12.3 Å². The molecule has 2 saturated heterocycles. The van der Waals surface area contributed by atoms with Gasteiger partial charge < -0.3 is 15.0 Å². The summed E-state index contributed by atoms with van der Waals surface area (Å²) < 4.78 is 18.3. The van der Waals surface area contributed by atoms with Crippen LogP contribution in [0.4, 0.5) is 4.39 Å². The van der Waals surface area contributed by atoms with Crippen LogP contribution in [-0.4, -0.2) is 49.7 Å². The lowest BCUT2D eigenvalue weighted by Gasteiger charge is -2.33. The van der Waals surface area contributed by atoms with Gasteiger partial charge in [0.25, 0.3) is 0 Å². The van der Waals surface area contributed by atoms with Crippen molar-refractivity contribution in [2.45, 2.75) is 31.7 Å². The summed E-state index contributed by atoms with van der Waals surface area (Å²) >= 11 is 0. The fourth-order valence-corrected chi connectivity index (χ4v) is 3.42. The number of piperidine rings is 1. The Bertz CT molecular complexity index is 506. The monoisotopic (exact) mass is 320 g/mol. The third-order valence-corrected chi connectivity index (χ3v) is 4.77. The van der Waals surface area contributed by atoms with Crippen molar-refractivity contribution in [2.75, 3.05) is 32.8 Å². The van der Waals surface area contributed by atoms with Crippen molar-refractivity contribution in [3.8, 4) is 0 Å². The highest BCUT2D eigenvalue weighted by molar-refractivity contribution is 5.78. The Balaban J connectivity index is 1.37. The topological polar surface area (TPSA) is 41.6 Å². The number of nitrogens with one attached hydrogen (secondary N) is 1. The molecule has 1 amide bonds. The molecule has 1 N–H and O–H groups in total. The lowest BCUT2D eigenvalue weighted by Crippen LogP contribution is -2.46. The molecular formula is C18H25FN2O2. The van der Waals surface area contributed by atoms with Gasteiger partial charge in [0.05, 0.1) is 13.0 Å². The first-order valence-corrected chi connectivity index (χ1v) is 8.53. The van der Waals surface area contributed by atoms with E-state index in [0.717, 1.165) is 51.3 Å². The molecule has 3 rings (SSSR count). The largest absolute Gasteiger partial charge is 0.381 e. The van der Waals surface area contributed by atoms with Gasteiger partial charge >= 0.3 is 0 Å². The number of carbonyl (C=O) groups is 1. The van der Waals surface area contributed by atoms with Crippen LogP contribution in [0.3, 0.4) is 0 Å². The molecule has 0 unspecified atom stereocenters. The molecule has 2 heterocycles. The number of nitrogens with zero attached hydrogens (tertiary/aromatic N) is 1. The molecule has 2 fully saturated rings. The van der Waals surface area contributed by atoms with Gasteiger partial charge in [0.1, 0.15) is 5.82 Å². The third kappa shape index (κ3) is 5.01. The number of rotatable bonds is 5. The van der Waals surface area contributed by atoms with Crippen molar-refractivity contribution in [1.82, 2.24) is 10.2 Å². The highest BCUT2D eigenvalue weighted by Crippen LogP contribution is 2.17. The summed E-state index contributed by atoms with van der Waals surface area (Å²) in [5, 5.41) is 3.11. The Morgan fingerprint density at radius 2 is 1.96 bits per heavy atom. The van der Waals surface area contributed by atoms with Crippen LogP contribution in [0.15, 0.2) is 24.3 Å². The highest BCUT2D eigenvalue weighted by Gasteiger charge is 2.24. The molecule has 126 valence electrons. The lowest BCUT2D eigenvalue weighted by molar-refractivity contribution is -0.121. The van der Waals surface area contributed by atoms with E-state index < -0.39 is 0 Å². The molecular weight excluding hydrogens is 295 g/mol. The van der Waals surface area contributed by atoms with Gasteiger partial charge in [0.15, 0.2) is 0 Å². The van der Waals surface area contributed by atoms with Gasteiger partial charge in [0, 0.05) is 32.3 Å². The Kier molecular flexibility index (Phi) is 5.62. The maximum Gasteiger partial charge on any atom is 0.224 e. The minimum Gasteiger partial charge on any atom is -0.381 e. The first kappa shape index (κ1) is 16.4. The van der Waals surface area contributed by atoms with E-state index in [9.17, 15) is 9.18 Å². The molecule has 0 aliphatic carbocycles. The van der Waals surface area contributed by atoms with E-state index in [-0.39, 0.29) is 17.8 Å². The molecule has 1 atom stereocenters. The van der Waals surface area contributed by atoms with Gasteiger partial charge in [-0.2, -0.15) is 0 Å². The van der Waals surface area contributed by atoms with Gasteiger partial charge in [0.2, 0.25) is 5.91 Å². The molecule has 2 aliphatic rings. The van der Waals surface area contributed by atoms with Crippen molar-refractivity contribution in [3.63, 3.8) is 0 Å². The summed E-state index contributed by atoms with van der Waals surface area (Å²) in [7, 11) is 0. The average Bonchev–Trinajstić information content (AvgIpc) is 3.04. The highest BCUT2D eigenvalue weighted by atomic mass is 19.1. The van der Waals surface area contributed by atoms with Crippen LogP contribution in [0.1, 0.15) is 24.8 Å². The number of halogens is 1. The van der Waals surface area contributed by atoms with Gasteiger partial charge in [-0.25, -0.2) is 4.39 Å². The average molecular weight is 320 g/mol. The number of hydrogen-bond donors (Lipinski definition) is 1. The molecule has 0 spiro atoms. The molecule has 1 aromatic carbocycles. The number of amides is 1. The Labute approximate surface area is 137 Å². The van der Waals surface area contributed by atoms with Crippen LogP contribution in [0.2, 0.25) is 0 Å². The van der Waals surface area contributed by atoms with Crippen LogP contribution in [-0.2, 0) is 16.0 Å². The SMILES string of the molecule is O=C(Cc1ccc(F)cc1)NC1CCN(C[C@@H]2CCOC2)CC1. The third-order valence-electron chi connectivity index (χ3n) is 4.77. The molecule has 0 aromatic heterocycles. The van der Waals surface area contributed by atoms with Crippen molar-refractivity contribution < 1.29 is 13.9 Å². The van der Waals surface area contributed by atoms with E-state index in [2.05, 4.69) is 10.2 Å². The van der Waals surface area contributed by atoms with Crippen LogP contribution >= 0.6 is 0 Å². The standard InChI is InChI=1S/C18H25FN2O2/c19-16-3-1-14(2-4-16)11-18(22)20-17-5-8-21(9-6-17)12-15-7-10-23-13-15/h1-4,15,17H,5-13H2,(H,20,22)/t15-/m0/s1. The molecule has 23 heavy (non-hydrogen) atoms. The number of carbonyl (C=O) groups excluding carboxylic acids is 1. The second-order valence-corrected chi connectivity index (χ2v) is 6.68. The summed E-state index contributed by atoms with van der Waals surface area (Å²) in [5.41, 5.74) is 0.850. The summed E-state index contributed by atoms with van der Waals surface area (Å²) in [4.78, 5) is 14.6. The number of likely N-dealkylation sites (tertiary alicyclic amines) is 1. The predicted molar refractivity (Wildman–Crippen MR) is 86.6 cm³/mol. The van der Waals surface area contributed by atoms with Gasteiger partial charge in [-0.3, -0.25) is 4.79 Å². The summed E-state index contributed by atoms with van der Waals surface area (Å²) in [6.45, 7) is 5.00. The van der Waals surface area contributed by atoms with Gasteiger partial charge in [-0.05, 0) is 42.9 Å². The molecule has 1 aromatic rings. The zero-order valence-corrected chi connectivity index (χ0v) is 13.5. The molecule has 5 heteroatoms. The van der Waals surface area contributed by atoms with Crippen molar-refractivity contribution in [3.05, 3.63) is 35.6 Å². The van der Waals surface area contributed by atoms with E-state index in [1.807, 2.05) is 0 Å². The zero-order chi connectivity index (χ0) is 16.1. The second-order valence-electron chi connectivity index (χ2n) is 6.68. The van der Waals surface area contributed by atoms with Crippen molar-refractivity contribution >= 4 is 5.91 Å².